The number of benzene rings is 1. The molecule has 0 spiro atoms. The maximum Gasteiger partial charge on any atom is 0.0370 e. The van der Waals surface area contributed by atoms with Crippen LogP contribution in [0.25, 0.3) is 5.57 Å². The number of halogens is 2. The van der Waals surface area contributed by atoms with E-state index in [-0.39, 0.29) is 5.38 Å². The maximum atomic E-state index is 6.26. The zero-order valence-corrected chi connectivity index (χ0v) is 12.9. The minimum Gasteiger partial charge on any atom is -0.123 e. The average Bonchev–Trinajstić information content (AvgIpc) is 2.34. The standard InChI is InChI=1S/C15H20BrCl/c1-3-4-5-15(17)11-6-12(2)13-7-9-14(16)10-8-13/h6-10,15H,3-5,11H2,1-2H3. The Morgan fingerprint density at radius 1 is 1.35 bits per heavy atom. The third kappa shape index (κ3) is 5.74. The fraction of sp³-hybridized carbons (Fsp3) is 0.467. The van der Waals surface area contributed by atoms with Gasteiger partial charge in [-0.15, -0.1) is 11.6 Å². The van der Waals surface area contributed by atoms with Crippen LogP contribution < -0.4 is 0 Å². The summed E-state index contributed by atoms with van der Waals surface area (Å²) < 4.78 is 1.12. The monoisotopic (exact) mass is 314 g/mol. The van der Waals surface area contributed by atoms with Crippen molar-refractivity contribution in [2.45, 2.75) is 44.9 Å². The second-order valence-corrected chi connectivity index (χ2v) is 5.90. The predicted octanol–water partition coefficient (Wildman–Crippen LogP) is 6.04. The van der Waals surface area contributed by atoms with E-state index in [2.05, 4.69) is 60.1 Å². The highest BCUT2D eigenvalue weighted by atomic mass is 79.9. The molecular formula is C15H20BrCl. The smallest absolute Gasteiger partial charge is 0.0370 e. The van der Waals surface area contributed by atoms with Gasteiger partial charge < -0.3 is 0 Å². The normalized spacial score (nSPS) is 13.8. The van der Waals surface area contributed by atoms with Crippen molar-refractivity contribution in [1.82, 2.24) is 0 Å². The molecule has 0 saturated heterocycles. The molecule has 0 aliphatic rings. The van der Waals surface area contributed by atoms with Crippen LogP contribution in [0.1, 0.15) is 45.1 Å². The quantitative estimate of drug-likeness (QED) is 0.561. The van der Waals surface area contributed by atoms with Gasteiger partial charge in [-0.1, -0.05) is 53.9 Å². The van der Waals surface area contributed by atoms with Gasteiger partial charge in [0.2, 0.25) is 0 Å². The van der Waals surface area contributed by atoms with Gasteiger partial charge in [-0.25, -0.2) is 0 Å². The van der Waals surface area contributed by atoms with Gasteiger partial charge in [0.1, 0.15) is 0 Å². The molecule has 0 radical (unpaired) electrons. The molecule has 1 aromatic carbocycles. The van der Waals surface area contributed by atoms with E-state index >= 15 is 0 Å². The van der Waals surface area contributed by atoms with E-state index in [1.807, 2.05) is 0 Å². The molecule has 0 N–H and O–H groups in total. The molecule has 0 aliphatic heterocycles. The summed E-state index contributed by atoms with van der Waals surface area (Å²) in [5.41, 5.74) is 2.58. The Hall–Kier alpha value is -0.270. The molecule has 0 nitrogen and oxygen atoms in total. The van der Waals surface area contributed by atoms with E-state index in [9.17, 15) is 0 Å². The van der Waals surface area contributed by atoms with Crippen LogP contribution in [-0.2, 0) is 0 Å². The topological polar surface area (TPSA) is 0 Å². The molecular weight excluding hydrogens is 296 g/mol. The number of unbranched alkanes of at least 4 members (excludes halogenated alkanes) is 1. The molecule has 0 bridgehead atoms. The summed E-state index contributed by atoms with van der Waals surface area (Å²) in [6, 6.07) is 8.40. The molecule has 0 fully saturated rings. The molecule has 0 amide bonds. The highest BCUT2D eigenvalue weighted by Gasteiger charge is 2.02. The molecule has 0 aromatic heterocycles. The van der Waals surface area contributed by atoms with Gasteiger partial charge in [-0.3, -0.25) is 0 Å². The Balaban J connectivity index is 2.51. The SMILES string of the molecule is CCCCC(Cl)CC=C(C)c1ccc(Br)cc1. The van der Waals surface area contributed by atoms with Gasteiger partial charge in [-0.05, 0) is 43.0 Å². The van der Waals surface area contributed by atoms with Crippen molar-refractivity contribution in [3.63, 3.8) is 0 Å². The van der Waals surface area contributed by atoms with Gasteiger partial charge in [0.15, 0.2) is 0 Å². The van der Waals surface area contributed by atoms with E-state index in [0.29, 0.717) is 0 Å². The molecule has 94 valence electrons. The first-order chi connectivity index (χ1) is 8.13. The summed E-state index contributed by atoms with van der Waals surface area (Å²) in [6.07, 6.45) is 6.76. The minimum absolute atomic E-state index is 0.278. The third-order valence-corrected chi connectivity index (χ3v) is 3.78. The number of alkyl halides is 1. The summed E-state index contributed by atoms with van der Waals surface area (Å²) >= 11 is 9.71. The summed E-state index contributed by atoms with van der Waals surface area (Å²) in [5.74, 6) is 0. The third-order valence-electron chi connectivity index (χ3n) is 2.85. The first-order valence-electron chi connectivity index (χ1n) is 6.20. The van der Waals surface area contributed by atoms with E-state index in [4.69, 9.17) is 11.6 Å². The maximum absolute atomic E-state index is 6.26. The van der Waals surface area contributed by atoms with Crippen molar-refractivity contribution in [1.29, 1.82) is 0 Å². The molecule has 1 atom stereocenters. The van der Waals surface area contributed by atoms with Gasteiger partial charge >= 0.3 is 0 Å². The predicted molar refractivity (Wildman–Crippen MR) is 81.6 cm³/mol. The molecule has 0 heterocycles. The van der Waals surface area contributed by atoms with Crippen molar-refractivity contribution in [2.75, 3.05) is 0 Å². The van der Waals surface area contributed by atoms with Crippen molar-refractivity contribution in [3.8, 4) is 0 Å². The van der Waals surface area contributed by atoms with Gasteiger partial charge in [0.25, 0.3) is 0 Å². The van der Waals surface area contributed by atoms with Gasteiger partial charge in [0.05, 0.1) is 0 Å². The first kappa shape index (κ1) is 14.8. The summed E-state index contributed by atoms with van der Waals surface area (Å²) in [4.78, 5) is 0. The Kier molecular flexibility index (Phi) is 6.91. The molecule has 17 heavy (non-hydrogen) atoms. The molecule has 0 aliphatic carbocycles. The van der Waals surface area contributed by atoms with E-state index in [0.717, 1.165) is 17.3 Å². The first-order valence-corrected chi connectivity index (χ1v) is 7.43. The van der Waals surface area contributed by atoms with Crippen molar-refractivity contribution in [3.05, 3.63) is 40.4 Å². The van der Waals surface area contributed by atoms with Crippen LogP contribution in [0.15, 0.2) is 34.8 Å². The lowest BCUT2D eigenvalue weighted by Crippen LogP contribution is -1.96. The molecule has 2 heteroatoms. The Morgan fingerprint density at radius 2 is 2.00 bits per heavy atom. The van der Waals surface area contributed by atoms with Crippen LogP contribution in [0.3, 0.4) is 0 Å². The van der Waals surface area contributed by atoms with Crippen LogP contribution >= 0.6 is 27.5 Å². The lowest BCUT2D eigenvalue weighted by molar-refractivity contribution is 0.681. The van der Waals surface area contributed by atoms with Gasteiger partial charge in [-0.2, -0.15) is 0 Å². The van der Waals surface area contributed by atoms with E-state index in [1.54, 1.807) is 0 Å². The summed E-state index contributed by atoms with van der Waals surface area (Å²) in [5, 5.41) is 0.278. The highest BCUT2D eigenvalue weighted by Crippen LogP contribution is 2.20. The lowest BCUT2D eigenvalue weighted by Gasteiger charge is -2.07. The number of allylic oxidation sites excluding steroid dienone is 2. The minimum atomic E-state index is 0.278. The second-order valence-electron chi connectivity index (χ2n) is 4.37. The van der Waals surface area contributed by atoms with Crippen LogP contribution in [0.4, 0.5) is 0 Å². The summed E-state index contributed by atoms with van der Waals surface area (Å²) in [6.45, 7) is 4.35. The van der Waals surface area contributed by atoms with Gasteiger partial charge in [0, 0.05) is 9.85 Å². The van der Waals surface area contributed by atoms with Crippen molar-refractivity contribution >= 4 is 33.1 Å². The second kappa shape index (κ2) is 7.94. The van der Waals surface area contributed by atoms with Crippen LogP contribution in [-0.4, -0.2) is 5.38 Å². The van der Waals surface area contributed by atoms with E-state index in [1.165, 1.54) is 24.0 Å². The van der Waals surface area contributed by atoms with E-state index < -0.39 is 0 Å². The zero-order chi connectivity index (χ0) is 12.7. The number of hydrogen-bond donors (Lipinski definition) is 0. The number of hydrogen-bond acceptors (Lipinski definition) is 0. The summed E-state index contributed by atoms with van der Waals surface area (Å²) in [7, 11) is 0. The van der Waals surface area contributed by atoms with Crippen molar-refractivity contribution in [2.24, 2.45) is 0 Å². The lowest BCUT2D eigenvalue weighted by atomic mass is 10.0. The fourth-order valence-corrected chi connectivity index (χ4v) is 2.19. The fourth-order valence-electron chi connectivity index (χ4n) is 1.68. The number of rotatable bonds is 6. The molecule has 1 unspecified atom stereocenters. The van der Waals surface area contributed by atoms with Crippen LogP contribution in [0, 0.1) is 0 Å². The Labute approximate surface area is 118 Å². The Morgan fingerprint density at radius 3 is 2.59 bits per heavy atom. The molecule has 1 aromatic rings. The zero-order valence-electron chi connectivity index (χ0n) is 10.5. The van der Waals surface area contributed by atoms with Crippen molar-refractivity contribution < 1.29 is 0 Å². The largest absolute Gasteiger partial charge is 0.123 e. The molecule has 0 saturated carbocycles. The van der Waals surface area contributed by atoms with Crippen LogP contribution in [0.5, 0.6) is 0 Å². The van der Waals surface area contributed by atoms with Crippen LogP contribution in [0.2, 0.25) is 0 Å². The Bertz CT molecular complexity index is 354. The highest BCUT2D eigenvalue weighted by molar-refractivity contribution is 9.10. The molecule has 1 rings (SSSR count). The average molecular weight is 316 g/mol.